The molecule has 0 aromatic carbocycles. The summed E-state index contributed by atoms with van der Waals surface area (Å²) >= 11 is 0. The van der Waals surface area contributed by atoms with Crippen LogP contribution in [0.1, 0.15) is 44.0 Å². The van der Waals surface area contributed by atoms with Crippen molar-refractivity contribution in [2.75, 3.05) is 31.0 Å². The van der Waals surface area contributed by atoms with Gasteiger partial charge in [0.2, 0.25) is 0 Å². The van der Waals surface area contributed by atoms with Gasteiger partial charge in [0.25, 0.3) is 0 Å². The largest absolute Gasteiger partial charge is 0.385 e. The molecule has 108 valence electrons. The first-order valence-corrected chi connectivity index (χ1v) is 6.68. The summed E-state index contributed by atoms with van der Waals surface area (Å²) in [4.78, 5) is 8.95. The van der Waals surface area contributed by atoms with Gasteiger partial charge >= 0.3 is 0 Å². The molecule has 1 aromatic rings. The van der Waals surface area contributed by atoms with E-state index < -0.39 is 0 Å². The van der Waals surface area contributed by atoms with E-state index in [-0.39, 0.29) is 5.92 Å². The van der Waals surface area contributed by atoms with E-state index in [9.17, 15) is 0 Å². The molecule has 0 amide bonds. The number of hydrogen-bond acceptors (Lipinski definition) is 6. The molecule has 0 saturated heterocycles. The fraction of sp³-hybridized carbons (Fsp3) is 0.692. The number of aromatic nitrogens is 2. The van der Waals surface area contributed by atoms with Gasteiger partial charge in [0, 0.05) is 31.7 Å². The predicted octanol–water partition coefficient (Wildman–Crippen LogP) is 2.03. The van der Waals surface area contributed by atoms with Crippen LogP contribution in [0.3, 0.4) is 0 Å². The first kappa shape index (κ1) is 15.7. The normalized spacial score (nSPS) is 10.8. The zero-order chi connectivity index (χ0) is 14.3. The molecule has 0 bridgehead atoms. The van der Waals surface area contributed by atoms with Gasteiger partial charge in [-0.15, -0.1) is 0 Å². The molecule has 0 unspecified atom stereocenters. The first-order valence-electron chi connectivity index (χ1n) is 6.68. The number of nitrogens with one attached hydrogen (secondary N) is 2. The summed E-state index contributed by atoms with van der Waals surface area (Å²) in [6, 6.07) is 0. The average molecular weight is 267 g/mol. The third-order valence-corrected chi connectivity index (χ3v) is 2.88. The maximum absolute atomic E-state index is 5.50. The Bertz CT molecular complexity index is 395. The molecule has 0 fully saturated rings. The molecule has 0 spiro atoms. The van der Waals surface area contributed by atoms with Crippen molar-refractivity contribution < 1.29 is 4.74 Å². The van der Waals surface area contributed by atoms with Crippen molar-refractivity contribution in [3.8, 4) is 0 Å². The maximum atomic E-state index is 5.50. The van der Waals surface area contributed by atoms with E-state index in [2.05, 4.69) is 34.6 Å². The summed E-state index contributed by atoms with van der Waals surface area (Å²) in [6.45, 7) is 7.73. The van der Waals surface area contributed by atoms with Crippen molar-refractivity contribution in [3.63, 3.8) is 0 Å². The number of methoxy groups -OCH3 is 1. The van der Waals surface area contributed by atoms with Gasteiger partial charge in [0.05, 0.1) is 0 Å². The second-order valence-electron chi connectivity index (χ2n) is 4.83. The van der Waals surface area contributed by atoms with E-state index in [1.165, 1.54) is 0 Å². The Kier molecular flexibility index (Phi) is 6.52. The van der Waals surface area contributed by atoms with Gasteiger partial charge in [0.1, 0.15) is 17.5 Å². The summed E-state index contributed by atoms with van der Waals surface area (Å²) in [5.74, 6) is 8.08. The lowest BCUT2D eigenvalue weighted by Gasteiger charge is -2.14. The first-order chi connectivity index (χ1) is 9.10. The van der Waals surface area contributed by atoms with Gasteiger partial charge in [-0.1, -0.05) is 13.8 Å². The monoisotopic (exact) mass is 267 g/mol. The third kappa shape index (κ3) is 4.65. The minimum absolute atomic E-state index is 0.266. The van der Waals surface area contributed by atoms with Crippen LogP contribution in [0.25, 0.3) is 0 Å². The SMILES string of the molecule is COCCCCNc1nc(C(C)C)nc(NN)c1C. The Morgan fingerprint density at radius 2 is 1.89 bits per heavy atom. The van der Waals surface area contributed by atoms with Crippen molar-refractivity contribution >= 4 is 11.6 Å². The Morgan fingerprint density at radius 1 is 1.21 bits per heavy atom. The van der Waals surface area contributed by atoms with Crippen LogP contribution >= 0.6 is 0 Å². The van der Waals surface area contributed by atoms with Crippen LogP contribution in [-0.4, -0.2) is 30.2 Å². The van der Waals surface area contributed by atoms with Gasteiger partial charge in [-0.2, -0.15) is 0 Å². The van der Waals surface area contributed by atoms with Crippen molar-refractivity contribution in [1.82, 2.24) is 9.97 Å². The number of ether oxygens (including phenoxy) is 1. The fourth-order valence-electron chi connectivity index (χ4n) is 1.68. The van der Waals surface area contributed by atoms with E-state index >= 15 is 0 Å². The van der Waals surface area contributed by atoms with Crippen molar-refractivity contribution in [2.45, 2.75) is 39.5 Å². The molecular weight excluding hydrogens is 242 g/mol. The average Bonchev–Trinajstić information content (AvgIpc) is 2.40. The van der Waals surface area contributed by atoms with E-state index in [1.54, 1.807) is 7.11 Å². The van der Waals surface area contributed by atoms with Gasteiger partial charge in [-0.3, -0.25) is 0 Å². The molecular formula is C13H25N5O. The van der Waals surface area contributed by atoms with Crippen molar-refractivity contribution in [3.05, 3.63) is 11.4 Å². The summed E-state index contributed by atoms with van der Waals surface area (Å²) in [5, 5.41) is 3.34. The van der Waals surface area contributed by atoms with E-state index in [4.69, 9.17) is 10.6 Å². The summed E-state index contributed by atoms with van der Waals surface area (Å²) in [6.07, 6.45) is 2.08. The third-order valence-electron chi connectivity index (χ3n) is 2.88. The zero-order valence-corrected chi connectivity index (χ0v) is 12.3. The Labute approximate surface area is 115 Å². The van der Waals surface area contributed by atoms with E-state index in [0.29, 0.717) is 5.82 Å². The highest BCUT2D eigenvalue weighted by atomic mass is 16.5. The highest BCUT2D eigenvalue weighted by molar-refractivity contribution is 5.56. The number of anilines is 2. The minimum atomic E-state index is 0.266. The Morgan fingerprint density at radius 3 is 2.47 bits per heavy atom. The van der Waals surface area contributed by atoms with E-state index in [1.807, 2.05) is 6.92 Å². The number of nitrogens with zero attached hydrogens (tertiary/aromatic N) is 2. The van der Waals surface area contributed by atoms with Gasteiger partial charge in [-0.05, 0) is 19.8 Å². The number of nitrogen functional groups attached to an aromatic ring is 1. The van der Waals surface area contributed by atoms with Crippen LogP contribution in [-0.2, 0) is 4.74 Å². The van der Waals surface area contributed by atoms with Crippen molar-refractivity contribution in [1.29, 1.82) is 0 Å². The number of rotatable bonds is 8. The molecule has 0 saturated carbocycles. The summed E-state index contributed by atoms with van der Waals surface area (Å²) in [7, 11) is 1.72. The van der Waals surface area contributed by atoms with E-state index in [0.717, 1.165) is 43.2 Å². The Balaban J connectivity index is 2.72. The molecule has 0 aliphatic carbocycles. The standard InChI is InChI=1S/C13H25N5O/c1-9(2)11-16-12(10(3)13(17-11)18-14)15-7-5-6-8-19-4/h9H,5-8,14H2,1-4H3,(H2,15,16,17,18). The lowest BCUT2D eigenvalue weighted by molar-refractivity contribution is 0.194. The van der Waals surface area contributed by atoms with Crippen LogP contribution in [0.5, 0.6) is 0 Å². The Hall–Kier alpha value is -1.40. The minimum Gasteiger partial charge on any atom is -0.385 e. The predicted molar refractivity (Wildman–Crippen MR) is 78.3 cm³/mol. The second-order valence-corrected chi connectivity index (χ2v) is 4.83. The van der Waals surface area contributed by atoms with Gasteiger partial charge in [-0.25, -0.2) is 15.8 Å². The number of unbranched alkanes of at least 4 members (excludes halogenated alkanes) is 1. The topological polar surface area (TPSA) is 85.1 Å². The highest BCUT2D eigenvalue weighted by Gasteiger charge is 2.12. The molecule has 0 aliphatic heterocycles. The van der Waals surface area contributed by atoms with Crippen LogP contribution in [0, 0.1) is 6.92 Å². The molecule has 1 aromatic heterocycles. The smallest absolute Gasteiger partial charge is 0.148 e. The molecule has 1 rings (SSSR count). The summed E-state index contributed by atoms with van der Waals surface area (Å²) < 4.78 is 5.02. The number of hydrogen-bond donors (Lipinski definition) is 3. The molecule has 0 aliphatic rings. The van der Waals surface area contributed by atoms with Gasteiger partial charge in [0.15, 0.2) is 0 Å². The summed E-state index contributed by atoms with van der Waals surface area (Å²) in [5.41, 5.74) is 3.57. The van der Waals surface area contributed by atoms with Crippen LogP contribution in [0.4, 0.5) is 11.6 Å². The van der Waals surface area contributed by atoms with Crippen LogP contribution in [0.15, 0.2) is 0 Å². The maximum Gasteiger partial charge on any atom is 0.148 e. The highest BCUT2D eigenvalue weighted by Crippen LogP contribution is 2.22. The fourth-order valence-corrected chi connectivity index (χ4v) is 1.68. The number of hydrazine groups is 1. The molecule has 1 heterocycles. The second kappa shape index (κ2) is 7.91. The lowest BCUT2D eigenvalue weighted by atomic mass is 10.2. The molecule has 6 heteroatoms. The molecule has 0 atom stereocenters. The molecule has 4 N–H and O–H groups in total. The quantitative estimate of drug-likeness (QED) is 0.380. The van der Waals surface area contributed by atoms with Crippen LogP contribution in [0.2, 0.25) is 0 Å². The molecule has 6 nitrogen and oxygen atoms in total. The molecule has 0 radical (unpaired) electrons. The zero-order valence-electron chi connectivity index (χ0n) is 12.3. The van der Waals surface area contributed by atoms with Crippen molar-refractivity contribution in [2.24, 2.45) is 5.84 Å². The van der Waals surface area contributed by atoms with Crippen LogP contribution < -0.4 is 16.6 Å². The molecule has 19 heavy (non-hydrogen) atoms. The lowest BCUT2D eigenvalue weighted by Crippen LogP contribution is -2.16. The van der Waals surface area contributed by atoms with Gasteiger partial charge < -0.3 is 15.5 Å². The number of nitrogens with two attached hydrogens (primary N) is 1.